The van der Waals surface area contributed by atoms with Gasteiger partial charge in [0, 0.05) is 5.69 Å². The van der Waals surface area contributed by atoms with E-state index < -0.39 is 22.6 Å². The Morgan fingerprint density at radius 1 is 1.36 bits per heavy atom. The van der Waals surface area contributed by atoms with E-state index in [2.05, 4.69) is 20.3 Å². The second-order valence-corrected chi connectivity index (χ2v) is 4.39. The maximum Gasteiger partial charge on any atom is 0.362 e. The molecule has 1 aromatic heterocycles. The van der Waals surface area contributed by atoms with Crippen molar-refractivity contribution in [3.05, 3.63) is 50.7 Å². The number of ether oxygens (including phenoxy) is 1. The van der Waals surface area contributed by atoms with Crippen LogP contribution in [-0.4, -0.2) is 34.1 Å². The molecule has 0 unspecified atom stereocenters. The number of esters is 1. The van der Waals surface area contributed by atoms with Gasteiger partial charge in [0.1, 0.15) is 0 Å². The predicted molar refractivity (Wildman–Crippen MR) is 76.0 cm³/mol. The molecule has 0 spiro atoms. The molecule has 1 heterocycles. The summed E-state index contributed by atoms with van der Waals surface area (Å²) in [6.07, 6.45) is 0. The van der Waals surface area contributed by atoms with E-state index in [1.54, 1.807) is 0 Å². The summed E-state index contributed by atoms with van der Waals surface area (Å²) >= 11 is 5.71. The van der Waals surface area contributed by atoms with Crippen LogP contribution in [0.15, 0.2) is 24.3 Å². The van der Waals surface area contributed by atoms with Crippen molar-refractivity contribution in [1.29, 1.82) is 0 Å². The number of nitro groups is 1. The number of anilines is 1. The molecule has 2 rings (SSSR count). The highest BCUT2D eigenvalue weighted by Crippen LogP contribution is 2.25. The highest BCUT2D eigenvalue weighted by molar-refractivity contribution is 6.35. The Labute approximate surface area is 128 Å². The summed E-state index contributed by atoms with van der Waals surface area (Å²) in [6.45, 7) is 0. The number of aromatic nitrogens is 2. The van der Waals surface area contributed by atoms with Gasteiger partial charge in [-0.2, -0.15) is 0 Å². The highest BCUT2D eigenvalue weighted by Gasteiger charge is 2.25. The Bertz CT molecular complexity index is 740. The number of nitrogens with zero attached hydrogens (tertiary/aromatic N) is 2. The minimum absolute atomic E-state index is 0.301. The molecule has 0 aliphatic rings. The van der Waals surface area contributed by atoms with Crippen LogP contribution in [0.25, 0.3) is 0 Å². The summed E-state index contributed by atoms with van der Waals surface area (Å²) in [5.41, 5.74) is 0.374. The molecule has 10 heteroatoms. The molecule has 0 saturated carbocycles. The first-order chi connectivity index (χ1) is 10.4. The summed E-state index contributed by atoms with van der Waals surface area (Å²) in [4.78, 5) is 33.1. The topological polar surface area (TPSA) is 127 Å². The van der Waals surface area contributed by atoms with E-state index in [1.165, 1.54) is 31.4 Å². The average Bonchev–Trinajstić information content (AvgIpc) is 2.89. The van der Waals surface area contributed by atoms with E-state index in [9.17, 15) is 19.7 Å². The lowest BCUT2D eigenvalue weighted by Crippen LogP contribution is -2.13. The Hall–Kier alpha value is -2.94. The van der Waals surface area contributed by atoms with Crippen LogP contribution in [0.2, 0.25) is 5.02 Å². The highest BCUT2D eigenvalue weighted by atomic mass is 35.5. The number of halogens is 1. The first-order valence-electron chi connectivity index (χ1n) is 5.82. The molecule has 2 N–H and O–H groups in total. The number of methoxy groups -OCH3 is 1. The molecule has 0 saturated heterocycles. The fourth-order valence-electron chi connectivity index (χ4n) is 1.59. The third-order valence-electron chi connectivity index (χ3n) is 2.65. The Morgan fingerprint density at radius 3 is 2.50 bits per heavy atom. The smallest absolute Gasteiger partial charge is 0.362 e. The van der Waals surface area contributed by atoms with Gasteiger partial charge in [-0.25, -0.2) is 4.79 Å². The van der Waals surface area contributed by atoms with Crippen LogP contribution in [0, 0.1) is 10.1 Å². The van der Waals surface area contributed by atoms with Gasteiger partial charge in [-0.3, -0.25) is 4.79 Å². The SMILES string of the molecule is COC(=O)c1ccc(NC(=O)c2n[nH]c([N+](=O)[O-])c2Cl)cc1. The van der Waals surface area contributed by atoms with E-state index in [4.69, 9.17) is 11.6 Å². The van der Waals surface area contributed by atoms with Gasteiger partial charge in [-0.05, 0) is 29.2 Å². The number of carbonyl (C=O) groups excluding carboxylic acids is 2. The zero-order valence-corrected chi connectivity index (χ0v) is 11.9. The van der Waals surface area contributed by atoms with Crippen molar-refractivity contribution in [3.8, 4) is 0 Å². The lowest BCUT2D eigenvalue weighted by Gasteiger charge is -2.04. The van der Waals surface area contributed by atoms with E-state index in [0.29, 0.717) is 11.3 Å². The van der Waals surface area contributed by atoms with Gasteiger partial charge < -0.3 is 20.2 Å². The molecule has 114 valence electrons. The lowest BCUT2D eigenvalue weighted by atomic mass is 10.2. The molecule has 22 heavy (non-hydrogen) atoms. The molecule has 0 fully saturated rings. The van der Waals surface area contributed by atoms with Gasteiger partial charge in [0.2, 0.25) is 0 Å². The molecule has 0 radical (unpaired) electrons. The van der Waals surface area contributed by atoms with Crippen LogP contribution in [0.4, 0.5) is 11.5 Å². The molecule has 0 bridgehead atoms. The monoisotopic (exact) mass is 324 g/mol. The summed E-state index contributed by atoms with van der Waals surface area (Å²) < 4.78 is 4.55. The number of rotatable bonds is 4. The largest absolute Gasteiger partial charge is 0.465 e. The van der Waals surface area contributed by atoms with Crippen molar-refractivity contribution in [3.63, 3.8) is 0 Å². The van der Waals surface area contributed by atoms with Crippen LogP contribution >= 0.6 is 11.6 Å². The summed E-state index contributed by atoms with van der Waals surface area (Å²) in [7, 11) is 1.25. The second kappa shape index (κ2) is 6.22. The molecular weight excluding hydrogens is 316 g/mol. The summed E-state index contributed by atoms with van der Waals surface area (Å²) in [5.74, 6) is -1.79. The van der Waals surface area contributed by atoms with Crippen molar-refractivity contribution >= 4 is 35.0 Å². The third-order valence-corrected chi connectivity index (χ3v) is 3.01. The van der Waals surface area contributed by atoms with E-state index in [0.717, 1.165) is 0 Å². The molecular formula is C12H9ClN4O5. The average molecular weight is 325 g/mol. The van der Waals surface area contributed by atoms with Gasteiger partial charge >= 0.3 is 11.8 Å². The fourth-order valence-corrected chi connectivity index (χ4v) is 1.83. The Balaban J connectivity index is 2.15. The van der Waals surface area contributed by atoms with Crippen LogP contribution in [0.1, 0.15) is 20.8 Å². The minimum atomic E-state index is -0.780. The Morgan fingerprint density at radius 2 is 2.00 bits per heavy atom. The number of amides is 1. The molecule has 2 aromatic rings. The first-order valence-corrected chi connectivity index (χ1v) is 6.19. The van der Waals surface area contributed by atoms with Crippen molar-refractivity contribution in [2.24, 2.45) is 0 Å². The molecule has 1 amide bonds. The van der Waals surface area contributed by atoms with Crippen LogP contribution in [0.5, 0.6) is 0 Å². The van der Waals surface area contributed by atoms with Crippen molar-refractivity contribution in [1.82, 2.24) is 10.2 Å². The first kappa shape index (κ1) is 15.4. The number of nitrogens with one attached hydrogen (secondary N) is 2. The third kappa shape index (κ3) is 3.04. The zero-order valence-electron chi connectivity index (χ0n) is 11.1. The fraction of sp³-hybridized carbons (Fsp3) is 0.0833. The maximum atomic E-state index is 12.0. The normalized spacial score (nSPS) is 10.1. The van der Waals surface area contributed by atoms with E-state index >= 15 is 0 Å². The molecule has 0 atom stereocenters. The zero-order chi connectivity index (χ0) is 16.3. The van der Waals surface area contributed by atoms with Crippen molar-refractivity contribution < 1.29 is 19.2 Å². The van der Waals surface area contributed by atoms with Gasteiger partial charge in [-0.1, -0.05) is 16.7 Å². The molecule has 0 aliphatic carbocycles. The molecule has 9 nitrogen and oxygen atoms in total. The summed E-state index contributed by atoms with van der Waals surface area (Å²) in [5, 5.41) is 18.3. The van der Waals surface area contributed by atoms with Gasteiger partial charge in [-0.15, -0.1) is 5.10 Å². The minimum Gasteiger partial charge on any atom is -0.465 e. The standard InChI is InChI=1S/C12H9ClN4O5/c1-22-12(19)6-2-4-7(5-3-6)14-11(18)9-8(13)10(16-15-9)17(20)21/h2-5H,1H3,(H,14,18)(H,15,16). The molecule has 1 aromatic carbocycles. The number of aromatic amines is 1. The van der Waals surface area contributed by atoms with Crippen LogP contribution in [0.3, 0.4) is 0 Å². The second-order valence-electron chi connectivity index (χ2n) is 4.01. The van der Waals surface area contributed by atoms with Gasteiger partial charge in [0.05, 0.1) is 12.7 Å². The lowest BCUT2D eigenvalue weighted by molar-refractivity contribution is -0.389. The van der Waals surface area contributed by atoms with E-state index in [1.807, 2.05) is 0 Å². The van der Waals surface area contributed by atoms with Crippen molar-refractivity contribution in [2.45, 2.75) is 0 Å². The quantitative estimate of drug-likeness (QED) is 0.503. The molecule has 0 aliphatic heterocycles. The number of hydrogen-bond acceptors (Lipinski definition) is 6. The van der Waals surface area contributed by atoms with E-state index in [-0.39, 0.29) is 10.7 Å². The van der Waals surface area contributed by atoms with Crippen molar-refractivity contribution in [2.75, 3.05) is 12.4 Å². The predicted octanol–water partition coefficient (Wildman–Crippen LogP) is 2.01. The van der Waals surface area contributed by atoms with Crippen LogP contribution < -0.4 is 5.32 Å². The number of hydrogen-bond donors (Lipinski definition) is 2. The summed E-state index contributed by atoms with van der Waals surface area (Å²) in [6, 6.07) is 5.85. The van der Waals surface area contributed by atoms with Gasteiger partial charge in [0.15, 0.2) is 10.7 Å². The maximum absolute atomic E-state index is 12.0. The Kier molecular flexibility index (Phi) is 4.37. The number of H-pyrrole nitrogens is 1. The number of benzene rings is 1. The van der Waals surface area contributed by atoms with Gasteiger partial charge in [0.25, 0.3) is 5.91 Å². The van der Waals surface area contributed by atoms with Crippen LogP contribution in [-0.2, 0) is 4.74 Å². The number of carbonyl (C=O) groups is 2.